The third kappa shape index (κ3) is 7.49. The number of aromatic nitrogens is 3. The highest BCUT2D eigenvalue weighted by atomic mass is 35.5. The Bertz CT molecular complexity index is 1080. The number of H-pyrrole nitrogens is 1. The SMILES string of the molecule is CN1CCN(CCCNCc2ccc(-c3nc(Cl)nc4[nH]ccc34)cc2)CC1.O=C(O)C(=O)O. The molecule has 4 rings (SSSR count). The van der Waals surface area contributed by atoms with Gasteiger partial charge < -0.3 is 30.3 Å². The molecule has 1 aliphatic rings. The number of likely N-dealkylation sites (N-methyl/N-ethyl adjacent to an activating group) is 1. The van der Waals surface area contributed by atoms with Crippen LogP contribution in [-0.4, -0.2) is 93.2 Å². The summed E-state index contributed by atoms with van der Waals surface area (Å²) in [7, 11) is 2.20. The minimum atomic E-state index is -1.82. The van der Waals surface area contributed by atoms with Gasteiger partial charge in [0.1, 0.15) is 5.65 Å². The van der Waals surface area contributed by atoms with Crippen molar-refractivity contribution in [3.05, 3.63) is 47.4 Å². The van der Waals surface area contributed by atoms with E-state index in [4.69, 9.17) is 31.4 Å². The van der Waals surface area contributed by atoms with E-state index in [9.17, 15) is 0 Å². The van der Waals surface area contributed by atoms with E-state index in [0.717, 1.165) is 35.4 Å². The number of carbonyl (C=O) groups is 2. The van der Waals surface area contributed by atoms with Gasteiger partial charge in [-0.3, -0.25) is 0 Å². The van der Waals surface area contributed by atoms with E-state index in [0.29, 0.717) is 0 Å². The second kappa shape index (κ2) is 12.4. The number of piperazine rings is 1. The predicted octanol–water partition coefficient (Wildman–Crippen LogP) is 2.16. The fourth-order valence-corrected chi connectivity index (χ4v) is 3.82. The average molecular weight is 489 g/mol. The molecular weight excluding hydrogens is 460 g/mol. The Hall–Kier alpha value is -3.05. The van der Waals surface area contributed by atoms with Crippen LogP contribution in [0.4, 0.5) is 0 Å². The molecule has 0 spiro atoms. The van der Waals surface area contributed by atoms with Gasteiger partial charge >= 0.3 is 11.9 Å². The molecule has 34 heavy (non-hydrogen) atoms. The zero-order valence-corrected chi connectivity index (χ0v) is 19.8. The molecular formula is C23H29ClN6O4. The molecule has 11 heteroatoms. The van der Waals surface area contributed by atoms with Gasteiger partial charge in [-0.1, -0.05) is 24.3 Å². The number of aliphatic carboxylic acids is 2. The Labute approximate surface area is 202 Å². The minimum absolute atomic E-state index is 0.260. The van der Waals surface area contributed by atoms with Crippen LogP contribution in [0, 0.1) is 0 Å². The molecule has 3 aromatic rings. The number of carboxylic acid groups (broad SMARTS) is 2. The van der Waals surface area contributed by atoms with Gasteiger partial charge in [0, 0.05) is 49.9 Å². The highest BCUT2D eigenvalue weighted by Crippen LogP contribution is 2.27. The molecule has 3 heterocycles. The summed E-state index contributed by atoms with van der Waals surface area (Å²) >= 11 is 6.07. The highest BCUT2D eigenvalue weighted by Gasteiger charge is 2.13. The summed E-state index contributed by atoms with van der Waals surface area (Å²) in [6.45, 7) is 7.87. The number of hydrogen-bond donors (Lipinski definition) is 4. The number of benzene rings is 1. The molecule has 0 bridgehead atoms. The van der Waals surface area contributed by atoms with Crippen molar-refractivity contribution in [2.75, 3.05) is 46.3 Å². The third-order valence-electron chi connectivity index (χ3n) is 5.55. The van der Waals surface area contributed by atoms with E-state index >= 15 is 0 Å². The van der Waals surface area contributed by atoms with Crippen molar-refractivity contribution in [1.82, 2.24) is 30.1 Å². The molecule has 182 valence electrons. The Kier molecular flexibility index (Phi) is 9.34. The molecule has 0 unspecified atom stereocenters. The van der Waals surface area contributed by atoms with Crippen molar-refractivity contribution >= 4 is 34.6 Å². The zero-order valence-electron chi connectivity index (χ0n) is 19.0. The lowest BCUT2D eigenvalue weighted by Gasteiger charge is -2.32. The lowest BCUT2D eigenvalue weighted by atomic mass is 10.1. The Balaban J connectivity index is 0.000000481. The largest absolute Gasteiger partial charge is 0.473 e. The van der Waals surface area contributed by atoms with Crippen molar-refractivity contribution in [1.29, 1.82) is 0 Å². The second-order valence-electron chi connectivity index (χ2n) is 8.06. The van der Waals surface area contributed by atoms with Gasteiger partial charge in [0.15, 0.2) is 0 Å². The van der Waals surface area contributed by atoms with Crippen LogP contribution < -0.4 is 5.32 Å². The van der Waals surface area contributed by atoms with Crippen LogP contribution in [0.3, 0.4) is 0 Å². The standard InChI is InChI=1S/C21H27ClN6.C2H2O4/c1-27-11-13-28(14-12-27)10-2-8-23-15-16-3-5-17(6-4-16)19-18-7-9-24-20(18)26-21(22)25-19;3-1(4)2(5)6/h3-7,9,23H,2,8,10-15H2,1H3,(H,24,25,26);(H,3,4)(H,5,6). The molecule has 0 atom stereocenters. The van der Waals surface area contributed by atoms with Crippen LogP contribution in [0.5, 0.6) is 0 Å². The maximum absolute atomic E-state index is 9.10. The third-order valence-corrected chi connectivity index (χ3v) is 5.72. The first-order valence-corrected chi connectivity index (χ1v) is 11.4. The van der Waals surface area contributed by atoms with E-state index < -0.39 is 11.9 Å². The van der Waals surface area contributed by atoms with Gasteiger partial charge in [0.2, 0.25) is 5.28 Å². The second-order valence-corrected chi connectivity index (χ2v) is 8.40. The van der Waals surface area contributed by atoms with E-state index in [1.54, 1.807) is 0 Å². The Morgan fingerprint density at radius 3 is 2.38 bits per heavy atom. The van der Waals surface area contributed by atoms with Crippen molar-refractivity contribution in [3.8, 4) is 11.3 Å². The molecule has 0 amide bonds. The number of rotatable bonds is 7. The van der Waals surface area contributed by atoms with Crippen LogP contribution in [0.1, 0.15) is 12.0 Å². The molecule has 10 nitrogen and oxygen atoms in total. The quantitative estimate of drug-likeness (QED) is 0.224. The highest BCUT2D eigenvalue weighted by molar-refractivity contribution is 6.28. The molecule has 2 aromatic heterocycles. The predicted molar refractivity (Wildman–Crippen MR) is 130 cm³/mol. The fourth-order valence-electron chi connectivity index (χ4n) is 3.65. The van der Waals surface area contributed by atoms with Crippen LogP contribution in [-0.2, 0) is 16.1 Å². The van der Waals surface area contributed by atoms with Gasteiger partial charge in [0.05, 0.1) is 5.69 Å². The number of nitrogens with zero attached hydrogens (tertiary/aromatic N) is 4. The van der Waals surface area contributed by atoms with E-state index in [1.807, 2.05) is 12.3 Å². The van der Waals surface area contributed by atoms with Gasteiger partial charge in [-0.15, -0.1) is 0 Å². The minimum Gasteiger partial charge on any atom is -0.473 e. The lowest BCUT2D eigenvalue weighted by Crippen LogP contribution is -2.45. The molecule has 1 aliphatic heterocycles. The maximum atomic E-state index is 9.10. The molecule has 1 fully saturated rings. The summed E-state index contributed by atoms with van der Waals surface area (Å²) in [6.07, 6.45) is 3.05. The van der Waals surface area contributed by atoms with E-state index in [-0.39, 0.29) is 5.28 Å². The smallest absolute Gasteiger partial charge is 0.414 e. The van der Waals surface area contributed by atoms with Crippen LogP contribution in [0.2, 0.25) is 5.28 Å². The molecule has 0 radical (unpaired) electrons. The first-order valence-electron chi connectivity index (χ1n) is 11.0. The summed E-state index contributed by atoms with van der Waals surface area (Å²) in [5.41, 5.74) is 3.95. The Morgan fingerprint density at radius 2 is 1.74 bits per heavy atom. The number of nitrogens with one attached hydrogen (secondary N) is 2. The summed E-state index contributed by atoms with van der Waals surface area (Å²) in [4.78, 5) is 34.9. The van der Waals surface area contributed by atoms with Gasteiger partial charge in [-0.25, -0.2) is 14.6 Å². The van der Waals surface area contributed by atoms with Gasteiger partial charge in [-0.05, 0) is 49.8 Å². The van der Waals surface area contributed by atoms with Crippen molar-refractivity contribution in [3.63, 3.8) is 0 Å². The fraction of sp³-hybridized carbons (Fsp3) is 0.391. The summed E-state index contributed by atoms with van der Waals surface area (Å²) in [5.74, 6) is -3.65. The molecule has 1 saturated heterocycles. The molecule has 1 aromatic carbocycles. The normalized spacial score (nSPS) is 14.5. The van der Waals surface area contributed by atoms with Crippen molar-refractivity contribution in [2.45, 2.75) is 13.0 Å². The number of aromatic amines is 1. The number of hydrogen-bond acceptors (Lipinski definition) is 7. The van der Waals surface area contributed by atoms with E-state index in [1.165, 1.54) is 44.7 Å². The molecule has 0 aliphatic carbocycles. The summed E-state index contributed by atoms with van der Waals surface area (Å²) in [6, 6.07) is 10.5. The van der Waals surface area contributed by atoms with Gasteiger partial charge in [-0.2, -0.15) is 4.98 Å². The summed E-state index contributed by atoms with van der Waals surface area (Å²) < 4.78 is 0. The molecule has 4 N–H and O–H groups in total. The van der Waals surface area contributed by atoms with E-state index in [2.05, 4.69) is 61.4 Å². The van der Waals surface area contributed by atoms with Crippen molar-refractivity contribution in [2.24, 2.45) is 0 Å². The lowest BCUT2D eigenvalue weighted by molar-refractivity contribution is -0.159. The topological polar surface area (TPSA) is 135 Å². The maximum Gasteiger partial charge on any atom is 0.414 e. The monoisotopic (exact) mass is 488 g/mol. The number of fused-ring (bicyclic) bond motifs is 1. The van der Waals surface area contributed by atoms with Crippen LogP contribution in [0.15, 0.2) is 36.5 Å². The zero-order chi connectivity index (χ0) is 24.5. The molecule has 0 saturated carbocycles. The van der Waals surface area contributed by atoms with Crippen LogP contribution in [0.25, 0.3) is 22.3 Å². The van der Waals surface area contributed by atoms with Crippen molar-refractivity contribution < 1.29 is 19.8 Å². The first-order chi connectivity index (χ1) is 16.3. The Morgan fingerprint density at radius 1 is 1.06 bits per heavy atom. The number of halogens is 1. The average Bonchev–Trinajstić information content (AvgIpc) is 3.29. The first kappa shape index (κ1) is 25.6. The number of carboxylic acids is 2. The van der Waals surface area contributed by atoms with Crippen LogP contribution >= 0.6 is 11.6 Å². The van der Waals surface area contributed by atoms with Gasteiger partial charge in [0.25, 0.3) is 0 Å². The summed E-state index contributed by atoms with van der Waals surface area (Å²) in [5, 5.41) is 19.6.